The zero-order valence-electron chi connectivity index (χ0n) is 12.4. The highest BCUT2D eigenvalue weighted by Gasteiger charge is 2.22. The van der Waals surface area contributed by atoms with Crippen molar-refractivity contribution in [3.05, 3.63) is 29.8 Å². The fraction of sp³-hybridized carbons (Fsp3) is 0.533. The second-order valence-corrected chi connectivity index (χ2v) is 5.62. The molecule has 1 rings (SSSR count). The van der Waals surface area contributed by atoms with Gasteiger partial charge in [0, 0.05) is 18.8 Å². The van der Waals surface area contributed by atoms with E-state index in [2.05, 4.69) is 10.6 Å². The molecule has 1 aromatic rings. The molecule has 4 nitrogen and oxygen atoms in total. The highest BCUT2D eigenvalue weighted by molar-refractivity contribution is 6.00. The first-order valence-corrected chi connectivity index (χ1v) is 6.53. The highest BCUT2D eigenvalue weighted by atomic mass is 16.5. The van der Waals surface area contributed by atoms with E-state index in [4.69, 9.17) is 4.74 Å². The molecule has 0 heterocycles. The van der Waals surface area contributed by atoms with Gasteiger partial charge in [0.25, 0.3) is 5.91 Å². The van der Waals surface area contributed by atoms with Crippen LogP contribution in [0.1, 0.15) is 38.1 Å². The van der Waals surface area contributed by atoms with Gasteiger partial charge in [-0.3, -0.25) is 4.79 Å². The van der Waals surface area contributed by atoms with Crippen molar-refractivity contribution < 1.29 is 9.53 Å². The summed E-state index contributed by atoms with van der Waals surface area (Å²) in [6, 6.07) is 7.80. The van der Waals surface area contributed by atoms with Gasteiger partial charge in [0.2, 0.25) is 0 Å². The molecule has 0 aromatic heterocycles. The van der Waals surface area contributed by atoms with E-state index in [9.17, 15) is 4.79 Å². The first-order chi connectivity index (χ1) is 8.85. The van der Waals surface area contributed by atoms with Crippen LogP contribution in [0.5, 0.6) is 0 Å². The minimum atomic E-state index is -0.392. The highest BCUT2D eigenvalue weighted by Crippen LogP contribution is 2.17. The standard InChI is InChI=1S/C15H24N2O2/c1-11(2)16-13-9-7-6-8-12(13)14(18)17-15(3,4)10-19-5/h6-9,11,16H,10H2,1-5H3,(H,17,18). The number of amides is 1. The fourth-order valence-electron chi connectivity index (χ4n) is 1.89. The summed E-state index contributed by atoms with van der Waals surface area (Å²) in [5.74, 6) is -0.0919. The van der Waals surface area contributed by atoms with E-state index < -0.39 is 5.54 Å². The number of ether oxygens (including phenoxy) is 1. The molecule has 0 unspecified atom stereocenters. The molecule has 0 aliphatic rings. The van der Waals surface area contributed by atoms with Gasteiger partial charge in [0.1, 0.15) is 0 Å². The van der Waals surface area contributed by atoms with E-state index >= 15 is 0 Å². The van der Waals surface area contributed by atoms with Crippen molar-refractivity contribution in [1.29, 1.82) is 0 Å². The van der Waals surface area contributed by atoms with Crippen molar-refractivity contribution in [2.24, 2.45) is 0 Å². The summed E-state index contributed by atoms with van der Waals surface area (Å²) in [5.41, 5.74) is 1.11. The van der Waals surface area contributed by atoms with E-state index in [0.29, 0.717) is 12.2 Å². The monoisotopic (exact) mass is 264 g/mol. The molecule has 1 amide bonds. The Labute approximate surface area is 115 Å². The predicted octanol–water partition coefficient (Wildman–Crippen LogP) is 2.66. The number of hydrogen-bond donors (Lipinski definition) is 2. The van der Waals surface area contributed by atoms with Gasteiger partial charge < -0.3 is 15.4 Å². The van der Waals surface area contributed by atoms with Gasteiger partial charge in [0.05, 0.1) is 17.7 Å². The Morgan fingerprint density at radius 1 is 1.32 bits per heavy atom. The van der Waals surface area contributed by atoms with E-state index in [1.54, 1.807) is 7.11 Å². The third kappa shape index (κ3) is 4.91. The summed E-state index contributed by atoms with van der Waals surface area (Å²) in [4.78, 5) is 12.3. The van der Waals surface area contributed by atoms with Crippen molar-refractivity contribution in [3.63, 3.8) is 0 Å². The Morgan fingerprint density at radius 3 is 2.53 bits per heavy atom. The number of carbonyl (C=O) groups excluding carboxylic acids is 1. The summed E-state index contributed by atoms with van der Waals surface area (Å²) in [7, 11) is 1.63. The molecule has 106 valence electrons. The molecule has 0 saturated heterocycles. The number of carbonyl (C=O) groups is 1. The smallest absolute Gasteiger partial charge is 0.253 e. The van der Waals surface area contributed by atoms with E-state index in [0.717, 1.165) is 5.69 Å². The van der Waals surface area contributed by atoms with Crippen molar-refractivity contribution in [2.75, 3.05) is 19.0 Å². The second-order valence-electron chi connectivity index (χ2n) is 5.62. The molecule has 0 radical (unpaired) electrons. The average molecular weight is 264 g/mol. The molecular formula is C15H24N2O2. The summed E-state index contributed by atoms with van der Waals surface area (Å²) in [6.45, 7) is 8.44. The van der Waals surface area contributed by atoms with Crippen LogP contribution in [0.25, 0.3) is 0 Å². The zero-order chi connectivity index (χ0) is 14.5. The third-order valence-corrected chi connectivity index (χ3v) is 2.57. The number of hydrogen-bond acceptors (Lipinski definition) is 3. The quantitative estimate of drug-likeness (QED) is 0.830. The predicted molar refractivity (Wildman–Crippen MR) is 78.6 cm³/mol. The normalized spacial score (nSPS) is 11.5. The second kappa shape index (κ2) is 6.57. The lowest BCUT2D eigenvalue weighted by Crippen LogP contribution is -2.46. The summed E-state index contributed by atoms with van der Waals surface area (Å²) >= 11 is 0. The maximum Gasteiger partial charge on any atom is 0.253 e. The first-order valence-electron chi connectivity index (χ1n) is 6.53. The summed E-state index contributed by atoms with van der Waals surface area (Å²) < 4.78 is 5.11. The van der Waals surface area contributed by atoms with Crippen LogP contribution in [0.2, 0.25) is 0 Å². The molecule has 0 spiro atoms. The van der Waals surface area contributed by atoms with Crippen LogP contribution < -0.4 is 10.6 Å². The van der Waals surface area contributed by atoms with Crippen LogP contribution in [0.3, 0.4) is 0 Å². The molecule has 19 heavy (non-hydrogen) atoms. The number of nitrogens with one attached hydrogen (secondary N) is 2. The van der Waals surface area contributed by atoms with Gasteiger partial charge in [-0.25, -0.2) is 0 Å². The van der Waals surface area contributed by atoms with Crippen LogP contribution in [-0.4, -0.2) is 31.2 Å². The van der Waals surface area contributed by atoms with Gasteiger partial charge in [-0.1, -0.05) is 12.1 Å². The number of anilines is 1. The Kier molecular flexibility index (Phi) is 5.36. The summed E-state index contributed by atoms with van der Waals surface area (Å²) in [6.07, 6.45) is 0. The van der Waals surface area contributed by atoms with Crippen LogP contribution in [0, 0.1) is 0 Å². The van der Waals surface area contributed by atoms with Crippen LogP contribution in [0.4, 0.5) is 5.69 Å². The molecular weight excluding hydrogens is 240 g/mol. The molecule has 1 aromatic carbocycles. The fourth-order valence-corrected chi connectivity index (χ4v) is 1.89. The number of methoxy groups -OCH3 is 1. The Hall–Kier alpha value is -1.55. The summed E-state index contributed by atoms with van der Waals surface area (Å²) in [5, 5.41) is 6.26. The maximum atomic E-state index is 12.3. The van der Waals surface area contributed by atoms with Crippen molar-refractivity contribution in [1.82, 2.24) is 5.32 Å². The van der Waals surface area contributed by atoms with E-state index in [1.807, 2.05) is 52.0 Å². The Balaban J connectivity index is 2.87. The van der Waals surface area contributed by atoms with Crippen molar-refractivity contribution in [2.45, 2.75) is 39.3 Å². The number of para-hydroxylation sites is 1. The van der Waals surface area contributed by atoms with Gasteiger partial charge in [-0.05, 0) is 39.8 Å². The molecule has 0 atom stereocenters. The maximum absolute atomic E-state index is 12.3. The molecule has 0 aliphatic heterocycles. The largest absolute Gasteiger partial charge is 0.382 e. The topological polar surface area (TPSA) is 50.4 Å². The van der Waals surface area contributed by atoms with E-state index in [-0.39, 0.29) is 11.9 Å². The zero-order valence-corrected chi connectivity index (χ0v) is 12.4. The third-order valence-electron chi connectivity index (χ3n) is 2.57. The lowest BCUT2D eigenvalue weighted by atomic mass is 10.1. The van der Waals surface area contributed by atoms with Gasteiger partial charge in [-0.15, -0.1) is 0 Å². The molecule has 0 bridgehead atoms. The van der Waals surface area contributed by atoms with Crippen LogP contribution >= 0.6 is 0 Å². The molecule has 2 N–H and O–H groups in total. The Morgan fingerprint density at radius 2 is 1.95 bits per heavy atom. The molecule has 0 fully saturated rings. The first kappa shape index (κ1) is 15.5. The van der Waals surface area contributed by atoms with Crippen molar-refractivity contribution in [3.8, 4) is 0 Å². The van der Waals surface area contributed by atoms with E-state index in [1.165, 1.54) is 0 Å². The molecule has 4 heteroatoms. The minimum absolute atomic E-state index is 0.0919. The van der Waals surface area contributed by atoms with Gasteiger partial charge in [0.15, 0.2) is 0 Å². The van der Waals surface area contributed by atoms with Gasteiger partial charge >= 0.3 is 0 Å². The van der Waals surface area contributed by atoms with Crippen LogP contribution in [-0.2, 0) is 4.74 Å². The average Bonchev–Trinajstić information content (AvgIpc) is 2.27. The molecule has 0 aliphatic carbocycles. The Bertz CT molecular complexity index is 428. The van der Waals surface area contributed by atoms with Crippen LogP contribution in [0.15, 0.2) is 24.3 Å². The SMILES string of the molecule is COCC(C)(C)NC(=O)c1ccccc1NC(C)C. The van der Waals surface area contributed by atoms with Gasteiger partial charge in [-0.2, -0.15) is 0 Å². The van der Waals surface area contributed by atoms with Crippen molar-refractivity contribution >= 4 is 11.6 Å². The number of rotatable bonds is 6. The molecule has 0 saturated carbocycles. The number of benzene rings is 1. The minimum Gasteiger partial charge on any atom is -0.382 e. The lowest BCUT2D eigenvalue weighted by molar-refractivity contribution is 0.0820. The lowest BCUT2D eigenvalue weighted by Gasteiger charge is -2.26.